The fraction of sp³-hybridized carbons (Fsp3) is 0.450. The van der Waals surface area contributed by atoms with Gasteiger partial charge in [-0.25, -0.2) is 4.98 Å². The van der Waals surface area contributed by atoms with E-state index in [1.54, 1.807) is 0 Å². The lowest BCUT2D eigenvalue weighted by Gasteiger charge is -2.23. The molecule has 128 valence electrons. The van der Waals surface area contributed by atoms with E-state index in [1.165, 1.54) is 0 Å². The molecular weight excluding hydrogens is 298 g/mol. The van der Waals surface area contributed by atoms with Crippen molar-refractivity contribution in [3.63, 3.8) is 0 Å². The third kappa shape index (κ3) is 2.50. The third-order valence-electron chi connectivity index (χ3n) is 4.39. The smallest absolute Gasteiger partial charge is 0.144 e. The Morgan fingerprint density at radius 3 is 2.25 bits per heavy atom. The highest BCUT2D eigenvalue weighted by atomic mass is 16.3. The van der Waals surface area contributed by atoms with E-state index in [-0.39, 0.29) is 17.9 Å². The van der Waals surface area contributed by atoms with Crippen LogP contribution in [0, 0.1) is 0 Å². The summed E-state index contributed by atoms with van der Waals surface area (Å²) in [5.74, 6) is 0.874. The molecule has 4 nitrogen and oxygen atoms in total. The molecule has 3 aromatic rings. The lowest BCUT2D eigenvalue weighted by atomic mass is 9.87. The van der Waals surface area contributed by atoms with Gasteiger partial charge >= 0.3 is 0 Å². The first-order valence-corrected chi connectivity index (χ1v) is 8.75. The predicted octanol–water partition coefficient (Wildman–Crippen LogP) is 5.26. The number of phenols is 1. The summed E-state index contributed by atoms with van der Waals surface area (Å²) in [6, 6.07) is 6.22. The number of hydrogen-bond acceptors (Lipinski definition) is 3. The van der Waals surface area contributed by atoms with Crippen LogP contribution in [-0.4, -0.2) is 20.5 Å². The molecule has 24 heavy (non-hydrogen) atoms. The van der Waals surface area contributed by atoms with Crippen LogP contribution in [0.2, 0.25) is 0 Å². The van der Waals surface area contributed by atoms with Gasteiger partial charge in [-0.2, -0.15) is 0 Å². The Morgan fingerprint density at radius 1 is 1.00 bits per heavy atom. The molecule has 3 rings (SSSR count). The average Bonchev–Trinajstić information content (AvgIpc) is 2.87. The van der Waals surface area contributed by atoms with Crippen molar-refractivity contribution in [2.45, 2.75) is 59.4 Å². The zero-order valence-corrected chi connectivity index (χ0v) is 15.4. The van der Waals surface area contributed by atoms with E-state index in [4.69, 9.17) is 4.98 Å². The Bertz CT molecular complexity index is 891. The second-order valence-corrected chi connectivity index (χ2v) is 7.40. The quantitative estimate of drug-likeness (QED) is 0.643. The van der Waals surface area contributed by atoms with Crippen LogP contribution in [0.15, 0.2) is 24.4 Å². The molecule has 2 heterocycles. The number of aromatic hydroxyl groups is 1. The van der Waals surface area contributed by atoms with Crippen molar-refractivity contribution in [2.24, 2.45) is 0 Å². The maximum atomic E-state index is 11.1. The second kappa shape index (κ2) is 6.00. The first-order valence-electron chi connectivity index (χ1n) is 8.75. The Morgan fingerprint density at radius 2 is 1.67 bits per heavy atom. The number of anilines is 1. The van der Waals surface area contributed by atoms with E-state index in [0.29, 0.717) is 5.75 Å². The highest BCUT2D eigenvalue weighted by molar-refractivity contribution is 5.99. The monoisotopic (exact) mass is 325 g/mol. The number of nitrogens with one attached hydrogen (secondary N) is 1. The molecule has 0 aliphatic rings. The molecule has 0 atom stereocenters. The van der Waals surface area contributed by atoms with Crippen LogP contribution >= 0.6 is 0 Å². The van der Waals surface area contributed by atoms with Crippen LogP contribution in [0.25, 0.3) is 16.7 Å². The second-order valence-electron chi connectivity index (χ2n) is 7.40. The van der Waals surface area contributed by atoms with Crippen molar-refractivity contribution in [3.05, 3.63) is 35.5 Å². The van der Waals surface area contributed by atoms with Gasteiger partial charge in [0.15, 0.2) is 0 Å². The van der Waals surface area contributed by atoms with Crippen LogP contribution < -0.4 is 5.32 Å². The van der Waals surface area contributed by atoms with Crippen molar-refractivity contribution in [2.75, 3.05) is 5.32 Å². The van der Waals surface area contributed by atoms with E-state index in [9.17, 15) is 5.11 Å². The number of aromatic nitrogens is 2. The average molecular weight is 325 g/mol. The minimum atomic E-state index is 0.221. The van der Waals surface area contributed by atoms with E-state index in [2.05, 4.69) is 51.3 Å². The molecule has 0 unspecified atom stereocenters. The molecule has 0 saturated heterocycles. The Kier molecular flexibility index (Phi) is 4.16. The number of phenolic OH excluding ortho intramolecular Hbond substituents is 1. The third-order valence-corrected chi connectivity index (χ3v) is 4.39. The van der Waals surface area contributed by atoms with Gasteiger partial charge in [-0.3, -0.25) is 4.40 Å². The van der Waals surface area contributed by atoms with Gasteiger partial charge in [0.2, 0.25) is 0 Å². The van der Waals surface area contributed by atoms with Crippen molar-refractivity contribution >= 4 is 22.4 Å². The Balaban J connectivity index is 2.55. The normalized spacial score (nSPS) is 12.2. The molecular formula is C20H27N3O. The number of nitrogens with zero attached hydrogens (tertiary/aromatic N) is 2. The molecule has 0 spiro atoms. The molecule has 0 aliphatic heterocycles. The van der Waals surface area contributed by atoms with Gasteiger partial charge in [-0.1, -0.05) is 33.8 Å². The van der Waals surface area contributed by atoms with Gasteiger partial charge in [0, 0.05) is 17.8 Å². The van der Waals surface area contributed by atoms with Crippen LogP contribution in [-0.2, 0) is 0 Å². The standard InChI is InChI=1S/C20H27N3O/c1-11(2)15-16(12(3)4)20(24)18(21-13(5)6)19-17(15)22-14-9-7-8-10-23(14)19/h7-13,21,24H,1-6H3. The van der Waals surface area contributed by atoms with Crippen LogP contribution in [0.3, 0.4) is 0 Å². The van der Waals surface area contributed by atoms with Gasteiger partial charge in [0.25, 0.3) is 0 Å². The van der Waals surface area contributed by atoms with E-state index in [1.807, 2.05) is 24.4 Å². The first-order chi connectivity index (χ1) is 11.3. The van der Waals surface area contributed by atoms with Crippen molar-refractivity contribution in [3.8, 4) is 5.75 Å². The summed E-state index contributed by atoms with van der Waals surface area (Å²) in [7, 11) is 0. The van der Waals surface area contributed by atoms with Gasteiger partial charge in [0.05, 0.1) is 5.52 Å². The summed E-state index contributed by atoms with van der Waals surface area (Å²) in [6.07, 6.45) is 2.01. The lowest BCUT2D eigenvalue weighted by molar-refractivity contribution is 0.465. The highest BCUT2D eigenvalue weighted by Gasteiger charge is 2.26. The molecule has 0 fully saturated rings. The summed E-state index contributed by atoms with van der Waals surface area (Å²) < 4.78 is 2.07. The molecule has 4 heteroatoms. The van der Waals surface area contributed by atoms with Gasteiger partial charge in [-0.05, 0) is 43.4 Å². The van der Waals surface area contributed by atoms with Gasteiger partial charge in [0.1, 0.15) is 22.6 Å². The van der Waals surface area contributed by atoms with Crippen LogP contribution in [0.5, 0.6) is 5.75 Å². The largest absolute Gasteiger partial charge is 0.505 e. The first kappa shape index (κ1) is 16.6. The molecule has 1 aromatic carbocycles. The predicted molar refractivity (Wildman–Crippen MR) is 101 cm³/mol. The SMILES string of the molecule is CC(C)Nc1c(O)c(C(C)C)c(C(C)C)c2nc3ccccn3c12. The summed E-state index contributed by atoms with van der Waals surface area (Å²) >= 11 is 0. The number of rotatable bonds is 4. The maximum absolute atomic E-state index is 11.1. The zero-order valence-electron chi connectivity index (χ0n) is 15.4. The molecule has 2 N–H and O–H groups in total. The van der Waals surface area contributed by atoms with Crippen LogP contribution in [0.4, 0.5) is 5.69 Å². The summed E-state index contributed by atoms with van der Waals surface area (Å²) in [6.45, 7) is 12.8. The minimum Gasteiger partial charge on any atom is -0.505 e. The topological polar surface area (TPSA) is 49.6 Å². The van der Waals surface area contributed by atoms with E-state index in [0.717, 1.165) is 33.5 Å². The maximum Gasteiger partial charge on any atom is 0.144 e. The molecule has 0 radical (unpaired) electrons. The Labute approximate surface area is 143 Å². The summed E-state index contributed by atoms with van der Waals surface area (Å²) in [4.78, 5) is 4.90. The van der Waals surface area contributed by atoms with E-state index < -0.39 is 0 Å². The summed E-state index contributed by atoms with van der Waals surface area (Å²) in [5, 5.41) is 14.6. The fourth-order valence-corrected chi connectivity index (χ4v) is 3.52. The van der Waals surface area contributed by atoms with Crippen molar-refractivity contribution in [1.82, 2.24) is 9.38 Å². The summed E-state index contributed by atoms with van der Waals surface area (Å²) in [5.41, 5.74) is 5.79. The number of fused-ring (bicyclic) bond motifs is 3. The van der Waals surface area contributed by atoms with Gasteiger partial charge in [-0.15, -0.1) is 0 Å². The molecule has 0 aliphatic carbocycles. The Hall–Kier alpha value is -2.23. The number of imidazole rings is 1. The zero-order chi connectivity index (χ0) is 17.6. The number of benzene rings is 1. The molecule has 0 saturated carbocycles. The molecule has 2 aromatic heterocycles. The van der Waals surface area contributed by atoms with Gasteiger partial charge < -0.3 is 10.4 Å². The number of hydrogen-bond donors (Lipinski definition) is 2. The molecule has 0 bridgehead atoms. The minimum absolute atomic E-state index is 0.221. The van der Waals surface area contributed by atoms with Crippen LogP contribution in [0.1, 0.15) is 64.5 Å². The lowest BCUT2D eigenvalue weighted by Crippen LogP contribution is -2.13. The van der Waals surface area contributed by atoms with Crippen molar-refractivity contribution in [1.29, 1.82) is 0 Å². The highest BCUT2D eigenvalue weighted by Crippen LogP contribution is 2.45. The molecule has 0 amide bonds. The fourth-order valence-electron chi connectivity index (χ4n) is 3.52. The number of pyridine rings is 1. The van der Waals surface area contributed by atoms with E-state index >= 15 is 0 Å². The van der Waals surface area contributed by atoms with Crippen molar-refractivity contribution < 1.29 is 5.11 Å².